The molecule has 0 spiro atoms. The number of sulfone groups is 2. The highest BCUT2D eigenvalue weighted by Gasteiger charge is 2.31. The quantitative estimate of drug-likeness (QED) is 0.116. The number of Topliss-reactive ketones (excluding diaryl/α,β-unsaturated/α-hetero) is 1. The molecule has 2 aliphatic rings. The molecule has 1 N–H and O–H groups in total. The van der Waals surface area contributed by atoms with Gasteiger partial charge in [0, 0.05) is 65.6 Å². The maximum absolute atomic E-state index is 13.2. The summed E-state index contributed by atoms with van der Waals surface area (Å²) in [5.74, 6) is -3.44. The molecule has 7 rings (SSSR count). The summed E-state index contributed by atoms with van der Waals surface area (Å²) in [6.07, 6.45) is -3.48. The molecule has 356 valence electrons. The number of nitrogens with zero attached hydrogens (tertiary/aromatic N) is 8. The minimum atomic E-state index is -3.22. The summed E-state index contributed by atoms with van der Waals surface area (Å²) in [5, 5.41) is 9.68. The molecular formula is C41H39Cl2F4N9O9S2. The number of amides is 5. The number of ketones is 1. The van der Waals surface area contributed by atoms with Crippen LogP contribution in [0.2, 0.25) is 10.0 Å². The van der Waals surface area contributed by atoms with E-state index in [0.717, 1.165) is 0 Å². The average Bonchev–Trinajstić information content (AvgIpc) is 3.81. The molecule has 0 atom stereocenters. The van der Waals surface area contributed by atoms with Gasteiger partial charge in [0.15, 0.2) is 25.5 Å². The minimum Gasteiger partial charge on any atom is -0.415 e. The Morgan fingerprint density at radius 1 is 0.657 bits per heavy atom. The van der Waals surface area contributed by atoms with E-state index in [9.17, 15) is 53.6 Å². The van der Waals surface area contributed by atoms with Crippen molar-refractivity contribution in [2.45, 2.75) is 25.9 Å². The molecule has 3 aromatic heterocycles. The molecule has 0 unspecified atom stereocenters. The lowest BCUT2D eigenvalue weighted by atomic mass is 10.1. The fraction of sp³-hybridized carbons (Fsp3) is 0.317. The predicted molar refractivity (Wildman–Crippen MR) is 237 cm³/mol. The monoisotopic (exact) mass is 1010 g/mol. The summed E-state index contributed by atoms with van der Waals surface area (Å²) in [5.41, 5.74) is 2.44. The van der Waals surface area contributed by atoms with Gasteiger partial charge in [-0.2, -0.15) is 17.6 Å². The Morgan fingerprint density at radius 2 is 1.12 bits per heavy atom. The Morgan fingerprint density at radius 3 is 1.51 bits per heavy atom. The van der Waals surface area contributed by atoms with E-state index in [4.69, 9.17) is 27.6 Å². The fourth-order valence-electron chi connectivity index (χ4n) is 6.37. The lowest BCUT2D eigenvalue weighted by molar-refractivity contribution is -0.131. The number of carbonyl (C=O) groups is 4. The molecule has 2 fully saturated rings. The Bertz CT molecular complexity index is 2750. The molecule has 67 heavy (non-hydrogen) atoms. The summed E-state index contributed by atoms with van der Waals surface area (Å²) in [4.78, 5) is 63.8. The van der Waals surface area contributed by atoms with Gasteiger partial charge in [-0.25, -0.2) is 26.4 Å². The van der Waals surface area contributed by atoms with Crippen LogP contribution >= 0.6 is 23.2 Å². The third-order valence-corrected chi connectivity index (χ3v) is 13.8. The van der Waals surface area contributed by atoms with Crippen molar-refractivity contribution in [3.05, 3.63) is 118 Å². The maximum atomic E-state index is 13.2. The molecule has 2 aromatic carbocycles. The number of hydrogen-bond donors (Lipinski definition) is 1. The predicted octanol–water partition coefficient (Wildman–Crippen LogP) is 5.74. The van der Waals surface area contributed by atoms with Crippen molar-refractivity contribution in [3.8, 4) is 11.5 Å². The van der Waals surface area contributed by atoms with E-state index in [-0.39, 0.29) is 79.8 Å². The van der Waals surface area contributed by atoms with Gasteiger partial charge in [-0.15, -0.1) is 10.2 Å². The van der Waals surface area contributed by atoms with Crippen LogP contribution in [-0.2, 0) is 37.6 Å². The molecule has 2 aliphatic heterocycles. The Labute approximate surface area is 390 Å². The Hall–Kier alpha value is -6.24. The topological polar surface area (TPSA) is 226 Å². The minimum absolute atomic E-state index is 0.0142. The highest BCUT2D eigenvalue weighted by Crippen LogP contribution is 2.26. The van der Waals surface area contributed by atoms with Gasteiger partial charge in [-0.3, -0.25) is 29.4 Å². The summed E-state index contributed by atoms with van der Waals surface area (Å²) in [6.45, 7) is -0.177. The van der Waals surface area contributed by atoms with Gasteiger partial charge in [0.25, 0.3) is 11.8 Å². The van der Waals surface area contributed by atoms with Crippen LogP contribution in [0.1, 0.15) is 34.1 Å². The van der Waals surface area contributed by atoms with Gasteiger partial charge >= 0.3 is 24.9 Å². The third-order valence-electron chi connectivity index (χ3n) is 10.1. The van der Waals surface area contributed by atoms with Gasteiger partial charge in [0.2, 0.25) is 5.89 Å². The zero-order valence-electron chi connectivity index (χ0n) is 34.9. The number of pyridine rings is 2. The number of carbonyl (C=O) groups excluding carboxylic acids is 4. The number of anilines is 2. The first-order valence-electron chi connectivity index (χ1n) is 19.9. The van der Waals surface area contributed by atoms with Gasteiger partial charge in [-0.1, -0.05) is 23.2 Å². The molecule has 2 saturated heterocycles. The van der Waals surface area contributed by atoms with Crippen molar-refractivity contribution in [3.63, 3.8) is 0 Å². The fourth-order valence-corrected chi connectivity index (χ4v) is 9.02. The van der Waals surface area contributed by atoms with Crippen LogP contribution in [-0.4, -0.2) is 133 Å². The SMILES string of the molecule is O=C(CNC(=O)C(F)F)c1ccc(CN(C(=O)N2CCS(=O)(=O)CC2)c2ccc(Cl)cc2)nc1.O=C(N1CCS(=O)(=O)CC1)N(Cc1ccc(-c2nnc(C(F)F)o2)cn1)c1ccc(Cl)cc1. The number of hydrogen-bond acceptors (Lipinski definition) is 13. The van der Waals surface area contributed by atoms with E-state index >= 15 is 0 Å². The van der Waals surface area contributed by atoms with E-state index in [1.807, 2.05) is 5.32 Å². The van der Waals surface area contributed by atoms with Gasteiger partial charge in [-0.05, 0) is 72.8 Å². The largest absolute Gasteiger partial charge is 0.415 e. The number of alkyl halides is 4. The average molecular weight is 1010 g/mol. The molecular weight excluding hydrogens is 974 g/mol. The van der Waals surface area contributed by atoms with E-state index in [1.54, 1.807) is 60.7 Å². The molecule has 18 nitrogen and oxygen atoms in total. The first-order chi connectivity index (χ1) is 31.8. The summed E-state index contributed by atoms with van der Waals surface area (Å²) in [6, 6.07) is 18.5. The molecule has 5 heterocycles. The zero-order valence-corrected chi connectivity index (χ0v) is 38.0. The van der Waals surface area contributed by atoms with Crippen LogP contribution in [0.5, 0.6) is 0 Å². The number of urea groups is 2. The Kier molecular flexibility index (Phi) is 16.5. The number of aromatic nitrogens is 4. The van der Waals surface area contributed by atoms with Gasteiger partial charge < -0.3 is 19.5 Å². The summed E-state index contributed by atoms with van der Waals surface area (Å²) >= 11 is 11.9. The zero-order chi connectivity index (χ0) is 48.5. The molecule has 0 aliphatic carbocycles. The second kappa shape index (κ2) is 22.0. The van der Waals surface area contributed by atoms with Crippen molar-refractivity contribution in [2.75, 3.05) is 65.5 Å². The number of rotatable bonds is 12. The van der Waals surface area contributed by atoms with Crippen LogP contribution in [0.4, 0.5) is 38.5 Å². The molecule has 26 heteroatoms. The van der Waals surface area contributed by atoms with Gasteiger partial charge in [0.05, 0.1) is 59.6 Å². The number of nitrogens with one attached hydrogen (secondary N) is 1. The number of benzene rings is 2. The first-order valence-corrected chi connectivity index (χ1v) is 24.3. The molecule has 5 aromatic rings. The summed E-state index contributed by atoms with van der Waals surface area (Å²) in [7, 11) is -6.32. The molecule has 0 saturated carbocycles. The van der Waals surface area contributed by atoms with Gasteiger partial charge in [0.1, 0.15) is 0 Å². The molecule has 0 bridgehead atoms. The van der Waals surface area contributed by atoms with E-state index in [2.05, 4.69) is 20.2 Å². The van der Waals surface area contributed by atoms with Crippen molar-refractivity contribution in [1.82, 2.24) is 35.3 Å². The number of halogens is 6. The first kappa shape index (κ1) is 50.2. The van der Waals surface area contributed by atoms with Crippen molar-refractivity contribution < 1.29 is 58.0 Å². The lowest BCUT2D eigenvalue weighted by Crippen LogP contribution is -2.49. The molecule has 0 radical (unpaired) electrons. The summed E-state index contributed by atoms with van der Waals surface area (Å²) < 4.78 is 102. The van der Waals surface area contributed by atoms with E-state index < -0.39 is 62.7 Å². The highest BCUT2D eigenvalue weighted by atomic mass is 35.5. The van der Waals surface area contributed by atoms with Crippen LogP contribution < -0.4 is 15.1 Å². The van der Waals surface area contributed by atoms with Crippen molar-refractivity contribution >= 4 is 78.0 Å². The van der Waals surface area contributed by atoms with Crippen molar-refractivity contribution in [1.29, 1.82) is 0 Å². The lowest BCUT2D eigenvalue weighted by Gasteiger charge is -2.33. The highest BCUT2D eigenvalue weighted by molar-refractivity contribution is 7.91. The third kappa shape index (κ3) is 13.9. The molecule has 5 amide bonds. The van der Waals surface area contributed by atoms with Crippen molar-refractivity contribution in [2.24, 2.45) is 0 Å². The second-order valence-electron chi connectivity index (χ2n) is 14.7. The van der Waals surface area contributed by atoms with Crippen LogP contribution in [0.15, 0.2) is 89.6 Å². The van der Waals surface area contributed by atoms with Crippen LogP contribution in [0, 0.1) is 0 Å². The smallest absolute Gasteiger partial charge is 0.324 e. The maximum Gasteiger partial charge on any atom is 0.324 e. The van der Waals surface area contributed by atoms with Crippen LogP contribution in [0.25, 0.3) is 11.5 Å². The Balaban J connectivity index is 0.000000221. The second-order valence-corrected chi connectivity index (χ2v) is 20.2. The standard InChI is InChI=1S/C21H21ClF2N4O5S.C20H18ClF2N5O4S/c22-15-2-5-17(6-3-15)28(21(31)27-7-9-34(32,33)10-8-27)13-16-4-1-14(11-25-16)18(29)12-26-20(30)19(23)24;21-14-2-5-16(6-3-14)28(20(29)27-7-9-33(30,31)10-8-27)12-15-4-1-13(11-24-15)18-25-26-19(32-18)17(22)23/h1-6,11,19H,7-10,12-13H2,(H,26,30);1-6,11,17H,7-10,12H2. The van der Waals surface area contributed by atoms with E-state index in [0.29, 0.717) is 38.4 Å². The van der Waals surface area contributed by atoms with E-state index in [1.165, 1.54) is 44.1 Å². The van der Waals surface area contributed by atoms with Crippen LogP contribution in [0.3, 0.4) is 0 Å². The normalized spacial score (nSPS) is 15.3.